The highest BCUT2D eigenvalue weighted by atomic mass is 16.5. The van der Waals surface area contributed by atoms with Gasteiger partial charge in [-0.25, -0.2) is 4.79 Å². The lowest BCUT2D eigenvalue weighted by molar-refractivity contribution is 0.0491. The van der Waals surface area contributed by atoms with Gasteiger partial charge in [0, 0.05) is 23.8 Å². The van der Waals surface area contributed by atoms with Gasteiger partial charge in [0.15, 0.2) is 0 Å². The molecule has 0 radical (unpaired) electrons. The maximum atomic E-state index is 12.0. The van der Waals surface area contributed by atoms with Crippen molar-refractivity contribution in [3.8, 4) is 11.8 Å². The first-order chi connectivity index (χ1) is 10.1. The van der Waals surface area contributed by atoms with E-state index in [2.05, 4.69) is 25.7 Å². The molecule has 0 atom stereocenters. The standard InChI is InChI=1S/C18H20O3/c1-4-20-18(19)17-15(11-6-5-9-13(2)3)14-10-7-8-12-16(14)21-17/h7-8,10,12-13H,4,9,11H2,1-3H3. The number of carbonyl (C=O) groups is 1. The fourth-order valence-electron chi connectivity index (χ4n) is 2.06. The van der Waals surface area contributed by atoms with Crippen molar-refractivity contribution in [2.24, 2.45) is 5.92 Å². The summed E-state index contributed by atoms with van der Waals surface area (Å²) in [5, 5.41) is 0.930. The quantitative estimate of drug-likeness (QED) is 0.624. The Hall–Kier alpha value is -2.21. The van der Waals surface area contributed by atoms with E-state index in [4.69, 9.17) is 9.15 Å². The van der Waals surface area contributed by atoms with Crippen LogP contribution in [0.2, 0.25) is 0 Å². The SMILES string of the molecule is CCOC(=O)c1oc2ccccc2c1CC#CCC(C)C. The van der Waals surface area contributed by atoms with Gasteiger partial charge in [-0.1, -0.05) is 38.0 Å². The van der Waals surface area contributed by atoms with Crippen molar-refractivity contribution in [2.45, 2.75) is 33.6 Å². The zero-order chi connectivity index (χ0) is 15.2. The number of esters is 1. The van der Waals surface area contributed by atoms with E-state index in [1.165, 1.54) is 0 Å². The highest BCUT2D eigenvalue weighted by Crippen LogP contribution is 2.26. The summed E-state index contributed by atoms with van der Waals surface area (Å²) in [6, 6.07) is 7.61. The number of rotatable bonds is 4. The Morgan fingerprint density at radius 3 is 2.76 bits per heavy atom. The van der Waals surface area contributed by atoms with Crippen LogP contribution in [0.5, 0.6) is 0 Å². The topological polar surface area (TPSA) is 39.4 Å². The molecule has 2 aromatic rings. The molecule has 3 nitrogen and oxygen atoms in total. The van der Waals surface area contributed by atoms with Crippen LogP contribution in [-0.2, 0) is 11.2 Å². The molecule has 0 saturated heterocycles. The summed E-state index contributed by atoms with van der Waals surface area (Å²) in [6.07, 6.45) is 1.35. The molecule has 1 heterocycles. The molecule has 110 valence electrons. The molecule has 0 aliphatic carbocycles. The molecule has 0 bridgehead atoms. The van der Waals surface area contributed by atoms with Crippen molar-refractivity contribution < 1.29 is 13.9 Å². The molecular weight excluding hydrogens is 264 g/mol. The fraction of sp³-hybridized carbons (Fsp3) is 0.389. The first kappa shape index (κ1) is 15.2. The van der Waals surface area contributed by atoms with Gasteiger partial charge < -0.3 is 9.15 Å². The molecule has 0 saturated carbocycles. The first-order valence-electron chi connectivity index (χ1n) is 7.26. The molecule has 0 spiro atoms. The molecular formula is C18H20O3. The van der Waals surface area contributed by atoms with Crippen molar-refractivity contribution in [3.05, 3.63) is 35.6 Å². The number of carbonyl (C=O) groups excluding carboxylic acids is 1. The van der Waals surface area contributed by atoms with Crippen molar-refractivity contribution in [1.29, 1.82) is 0 Å². The molecule has 1 aromatic carbocycles. The van der Waals surface area contributed by atoms with Crippen molar-refractivity contribution >= 4 is 16.9 Å². The number of hydrogen-bond donors (Lipinski definition) is 0. The van der Waals surface area contributed by atoms with Gasteiger partial charge in [0.1, 0.15) is 5.58 Å². The number of para-hydroxylation sites is 1. The smallest absolute Gasteiger partial charge is 0.374 e. The molecule has 21 heavy (non-hydrogen) atoms. The summed E-state index contributed by atoms with van der Waals surface area (Å²) in [7, 11) is 0. The summed E-state index contributed by atoms with van der Waals surface area (Å²) < 4.78 is 10.7. The normalized spacial score (nSPS) is 10.5. The van der Waals surface area contributed by atoms with Crippen LogP contribution in [0.1, 0.15) is 43.3 Å². The Morgan fingerprint density at radius 2 is 2.05 bits per heavy atom. The number of fused-ring (bicyclic) bond motifs is 1. The van der Waals surface area contributed by atoms with E-state index >= 15 is 0 Å². The van der Waals surface area contributed by atoms with Gasteiger partial charge in [0.05, 0.1) is 6.61 Å². The number of furan rings is 1. The van der Waals surface area contributed by atoms with E-state index in [0.29, 0.717) is 24.5 Å². The summed E-state index contributed by atoms with van der Waals surface area (Å²) in [6.45, 7) is 6.37. The minimum absolute atomic E-state index is 0.275. The largest absolute Gasteiger partial charge is 0.460 e. The Bertz CT molecular complexity index is 683. The minimum Gasteiger partial charge on any atom is -0.460 e. The lowest BCUT2D eigenvalue weighted by Crippen LogP contribution is -2.05. The van der Waals surface area contributed by atoms with Crippen molar-refractivity contribution in [2.75, 3.05) is 6.61 Å². The lowest BCUT2D eigenvalue weighted by atomic mass is 10.1. The van der Waals surface area contributed by atoms with E-state index in [1.54, 1.807) is 6.92 Å². The third kappa shape index (κ3) is 3.66. The van der Waals surface area contributed by atoms with E-state index in [0.717, 1.165) is 17.4 Å². The predicted molar refractivity (Wildman–Crippen MR) is 83.1 cm³/mol. The molecule has 0 unspecified atom stereocenters. The van der Waals surface area contributed by atoms with Crippen LogP contribution in [0, 0.1) is 17.8 Å². The molecule has 1 aromatic heterocycles. The average molecular weight is 284 g/mol. The van der Waals surface area contributed by atoms with Gasteiger partial charge in [0.25, 0.3) is 0 Å². The van der Waals surface area contributed by atoms with Gasteiger partial charge in [-0.2, -0.15) is 0 Å². The van der Waals surface area contributed by atoms with Crippen LogP contribution in [0.4, 0.5) is 0 Å². The third-order valence-electron chi connectivity index (χ3n) is 3.06. The molecule has 0 aliphatic heterocycles. The van der Waals surface area contributed by atoms with Gasteiger partial charge in [0.2, 0.25) is 5.76 Å². The molecule has 0 N–H and O–H groups in total. The van der Waals surface area contributed by atoms with Gasteiger partial charge in [-0.3, -0.25) is 0 Å². The van der Waals surface area contributed by atoms with E-state index in [-0.39, 0.29) is 5.76 Å². The second-order valence-corrected chi connectivity index (χ2v) is 5.25. The van der Waals surface area contributed by atoms with Gasteiger partial charge in [-0.05, 0) is 18.9 Å². The highest BCUT2D eigenvalue weighted by molar-refractivity contribution is 5.96. The molecule has 2 rings (SSSR count). The predicted octanol–water partition coefficient (Wildman–Crippen LogP) is 4.20. The fourth-order valence-corrected chi connectivity index (χ4v) is 2.06. The maximum Gasteiger partial charge on any atom is 0.374 e. The molecule has 0 fully saturated rings. The van der Waals surface area contributed by atoms with E-state index < -0.39 is 5.97 Å². The monoisotopic (exact) mass is 284 g/mol. The zero-order valence-electron chi connectivity index (χ0n) is 12.7. The Morgan fingerprint density at radius 1 is 1.29 bits per heavy atom. The van der Waals surface area contributed by atoms with E-state index in [9.17, 15) is 4.79 Å². The van der Waals surface area contributed by atoms with Crippen LogP contribution in [-0.4, -0.2) is 12.6 Å². The molecule has 0 aliphatic rings. The van der Waals surface area contributed by atoms with Crippen molar-refractivity contribution in [3.63, 3.8) is 0 Å². The summed E-state index contributed by atoms with van der Waals surface area (Å²) >= 11 is 0. The second-order valence-electron chi connectivity index (χ2n) is 5.25. The van der Waals surface area contributed by atoms with Gasteiger partial charge in [-0.15, -0.1) is 5.92 Å². The van der Waals surface area contributed by atoms with Gasteiger partial charge >= 0.3 is 5.97 Å². The van der Waals surface area contributed by atoms with E-state index in [1.807, 2.05) is 24.3 Å². The van der Waals surface area contributed by atoms with Crippen LogP contribution in [0.15, 0.2) is 28.7 Å². The Balaban J connectivity index is 2.35. The highest BCUT2D eigenvalue weighted by Gasteiger charge is 2.20. The zero-order valence-corrected chi connectivity index (χ0v) is 12.7. The lowest BCUT2D eigenvalue weighted by Gasteiger charge is -2.00. The van der Waals surface area contributed by atoms with Crippen LogP contribution in [0.25, 0.3) is 11.0 Å². The van der Waals surface area contributed by atoms with Crippen LogP contribution >= 0.6 is 0 Å². The van der Waals surface area contributed by atoms with Crippen molar-refractivity contribution in [1.82, 2.24) is 0 Å². The Kier molecular flexibility index (Phi) is 5.05. The summed E-state index contributed by atoms with van der Waals surface area (Å²) in [4.78, 5) is 12.0. The van der Waals surface area contributed by atoms with Crippen LogP contribution < -0.4 is 0 Å². The number of benzene rings is 1. The minimum atomic E-state index is -0.422. The average Bonchev–Trinajstić information content (AvgIpc) is 2.82. The third-order valence-corrected chi connectivity index (χ3v) is 3.06. The number of hydrogen-bond acceptors (Lipinski definition) is 3. The summed E-state index contributed by atoms with van der Waals surface area (Å²) in [5.41, 5.74) is 1.52. The Labute approximate surface area is 125 Å². The molecule has 0 amide bonds. The maximum absolute atomic E-state index is 12.0. The molecule has 3 heteroatoms. The first-order valence-corrected chi connectivity index (χ1v) is 7.26. The second kappa shape index (κ2) is 6.99. The van der Waals surface area contributed by atoms with Crippen LogP contribution in [0.3, 0.4) is 0 Å². The summed E-state index contributed by atoms with van der Waals surface area (Å²) in [5.74, 6) is 6.67. The number of ether oxygens (including phenoxy) is 1.